The van der Waals surface area contributed by atoms with Crippen molar-refractivity contribution >= 4 is 5.91 Å². The van der Waals surface area contributed by atoms with Gasteiger partial charge in [0.25, 0.3) is 0 Å². The van der Waals surface area contributed by atoms with E-state index in [1.165, 1.54) is 25.7 Å². The van der Waals surface area contributed by atoms with E-state index < -0.39 is 5.54 Å². The van der Waals surface area contributed by atoms with Gasteiger partial charge in [-0.3, -0.25) is 4.79 Å². The Morgan fingerprint density at radius 3 is 2.35 bits per heavy atom. The first kappa shape index (κ1) is 15.8. The molecular weight excluding hydrogens is 252 g/mol. The van der Waals surface area contributed by atoms with Crippen LogP contribution < -0.4 is 11.1 Å². The van der Waals surface area contributed by atoms with E-state index in [1.54, 1.807) is 0 Å². The van der Waals surface area contributed by atoms with Crippen molar-refractivity contribution in [1.29, 1.82) is 0 Å². The van der Waals surface area contributed by atoms with E-state index in [4.69, 9.17) is 10.5 Å². The molecule has 2 rings (SSSR count). The van der Waals surface area contributed by atoms with Gasteiger partial charge < -0.3 is 15.8 Å². The van der Waals surface area contributed by atoms with Crippen LogP contribution in [-0.2, 0) is 9.53 Å². The summed E-state index contributed by atoms with van der Waals surface area (Å²) in [5.74, 6) is 0.138. The Balaban J connectivity index is 1.93. The molecule has 0 aromatic heterocycles. The lowest BCUT2D eigenvalue weighted by atomic mass is 9.92. The normalized spacial score (nSPS) is 24.1. The molecule has 0 radical (unpaired) electrons. The largest absolute Gasteiger partial charge is 0.376 e. The number of rotatable bonds is 8. The second-order valence-corrected chi connectivity index (χ2v) is 6.46. The molecule has 0 heterocycles. The minimum Gasteiger partial charge on any atom is -0.376 e. The van der Waals surface area contributed by atoms with E-state index >= 15 is 0 Å². The lowest BCUT2D eigenvalue weighted by Gasteiger charge is -2.33. The van der Waals surface area contributed by atoms with Gasteiger partial charge in [0.1, 0.15) is 5.54 Å². The molecule has 1 amide bonds. The summed E-state index contributed by atoms with van der Waals surface area (Å²) in [5.41, 5.74) is 5.10. The second-order valence-electron chi connectivity index (χ2n) is 6.46. The topological polar surface area (TPSA) is 64.3 Å². The first-order chi connectivity index (χ1) is 9.69. The van der Waals surface area contributed by atoms with Crippen molar-refractivity contribution in [3.05, 3.63) is 0 Å². The molecule has 4 heteroatoms. The summed E-state index contributed by atoms with van der Waals surface area (Å²) < 4.78 is 6.12. The number of carbonyl (C=O) groups excluding carboxylic acids is 1. The van der Waals surface area contributed by atoms with E-state index in [0.717, 1.165) is 38.6 Å². The van der Waals surface area contributed by atoms with E-state index in [1.807, 2.05) is 0 Å². The van der Waals surface area contributed by atoms with Gasteiger partial charge in [0, 0.05) is 0 Å². The minimum atomic E-state index is -0.623. The maximum atomic E-state index is 12.0. The predicted molar refractivity (Wildman–Crippen MR) is 80.4 cm³/mol. The second kappa shape index (κ2) is 7.41. The molecule has 2 fully saturated rings. The lowest BCUT2D eigenvalue weighted by molar-refractivity contribution is -0.129. The van der Waals surface area contributed by atoms with Gasteiger partial charge in [-0.25, -0.2) is 0 Å². The van der Waals surface area contributed by atoms with Gasteiger partial charge in [0.2, 0.25) is 5.91 Å². The summed E-state index contributed by atoms with van der Waals surface area (Å²) in [6.45, 7) is 3.39. The Kier molecular flexibility index (Phi) is 5.85. The molecule has 0 aromatic rings. The SMILES string of the molecule is CCCNC(COC1CCCCCC1)(C(N)=O)C1CC1. The molecule has 0 bridgehead atoms. The molecule has 20 heavy (non-hydrogen) atoms. The lowest BCUT2D eigenvalue weighted by Crippen LogP contribution is -2.61. The van der Waals surface area contributed by atoms with E-state index in [0.29, 0.717) is 18.6 Å². The summed E-state index contributed by atoms with van der Waals surface area (Å²) in [7, 11) is 0. The van der Waals surface area contributed by atoms with Crippen molar-refractivity contribution in [1.82, 2.24) is 5.32 Å². The van der Waals surface area contributed by atoms with Crippen LogP contribution in [-0.4, -0.2) is 30.7 Å². The van der Waals surface area contributed by atoms with Crippen LogP contribution in [0.25, 0.3) is 0 Å². The number of nitrogens with one attached hydrogen (secondary N) is 1. The molecule has 0 spiro atoms. The smallest absolute Gasteiger partial charge is 0.240 e. The quantitative estimate of drug-likeness (QED) is 0.672. The van der Waals surface area contributed by atoms with Crippen LogP contribution in [0.1, 0.15) is 64.7 Å². The first-order valence-electron chi connectivity index (χ1n) is 8.35. The van der Waals surface area contributed by atoms with Crippen LogP contribution in [0.2, 0.25) is 0 Å². The molecule has 0 aliphatic heterocycles. The van der Waals surface area contributed by atoms with Crippen LogP contribution >= 0.6 is 0 Å². The third-order valence-electron chi connectivity index (χ3n) is 4.75. The average molecular weight is 282 g/mol. The van der Waals surface area contributed by atoms with Crippen molar-refractivity contribution < 1.29 is 9.53 Å². The van der Waals surface area contributed by atoms with E-state index in [-0.39, 0.29) is 5.91 Å². The van der Waals surface area contributed by atoms with Gasteiger partial charge in [0.05, 0.1) is 12.7 Å². The number of ether oxygens (including phenoxy) is 1. The molecular formula is C16H30N2O2. The third kappa shape index (κ3) is 3.95. The number of hydrogen-bond acceptors (Lipinski definition) is 3. The van der Waals surface area contributed by atoms with Gasteiger partial charge in [-0.15, -0.1) is 0 Å². The molecule has 0 aromatic carbocycles. The Morgan fingerprint density at radius 1 is 1.20 bits per heavy atom. The molecule has 1 unspecified atom stereocenters. The number of hydrogen-bond donors (Lipinski definition) is 2. The first-order valence-corrected chi connectivity index (χ1v) is 8.35. The molecule has 1 atom stereocenters. The van der Waals surface area contributed by atoms with Crippen molar-refractivity contribution in [3.63, 3.8) is 0 Å². The predicted octanol–water partition coefficient (Wildman–Crippen LogP) is 2.36. The number of amides is 1. The summed E-state index contributed by atoms with van der Waals surface area (Å²) in [6.07, 6.45) is 10.9. The fourth-order valence-corrected chi connectivity index (χ4v) is 3.25. The molecule has 4 nitrogen and oxygen atoms in total. The standard InChI is InChI=1S/C16H30N2O2/c1-2-11-18-16(15(17)19,13-9-10-13)12-20-14-7-5-3-4-6-8-14/h13-14,18H,2-12H2,1H3,(H2,17,19). The molecule has 2 aliphatic rings. The van der Waals surface area contributed by atoms with Gasteiger partial charge in [-0.2, -0.15) is 0 Å². The highest BCUT2D eigenvalue weighted by molar-refractivity contribution is 5.85. The number of nitrogens with two attached hydrogens (primary N) is 1. The van der Waals surface area contributed by atoms with E-state index in [9.17, 15) is 4.79 Å². The number of primary amides is 1. The Bertz CT molecular complexity index is 310. The van der Waals surface area contributed by atoms with E-state index in [2.05, 4.69) is 12.2 Å². The molecule has 116 valence electrons. The van der Waals surface area contributed by atoms with Crippen LogP contribution in [0, 0.1) is 5.92 Å². The van der Waals surface area contributed by atoms with Crippen LogP contribution in [0.15, 0.2) is 0 Å². The highest BCUT2D eigenvalue weighted by Crippen LogP contribution is 2.40. The molecule has 3 N–H and O–H groups in total. The van der Waals surface area contributed by atoms with Crippen molar-refractivity contribution in [2.24, 2.45) is 11.7 Å². The zero-order valence-corrected chi connectivity index (χ0v) is 12.8. The van der Waals surface area contributed by atoms with Crippen LogP contribution in [0.5, 0.6) is 0 Å². The van der Waals surface area contributed by atoms with Crippen molar-refractivity contribution in [3.8, 4) is 0 Å². The fourth-order valence-electron chi connectivity index (χ4n) is 3.25. The minimum absolute atomic E-state index is 0.234. The Morgan fingerprint density at radius 2 is 1.85 bits per heavy atom. The highest BCUT2D eigenvalue weighted by Gasteiger charge is 2.50. The van der Waals surface area contributed by atoms with Gasteiger partial charge in [-0.05, 0) is 44.6 Å². The van der Waals surface area contributed by atoms with Gasteiger partial charge in [0.15, 0.2) is 0 Å². The highest BCUT2D eigenvalue weighted by atomic mass is 16.5. The fraction of sp³-hybridized carbons (Fsp3) is 0.938. The monoisotopic (exact) mass is 282 g/mol. The van der Waals surface area contributed by atoms with Gasteiger partial charge >= 0.3 is 0 Å². The Labute approximate surface area is 122 Å². The van der Waals surface area contributed by atoms with Gasteiger partial charge in [-0.1, -0.05) is 32.6 Å². The average Bonchev–Trinajstić information content (AvgIpc) is 3.26. The maximum absolute atomic E-state index is 12.0. The zero-order valence-electron chi connectivity index (χ0n) is 12.8. The molecule has 0 saturated heterocycles. The molecule has 2 aliphatic carbocycles. The van der Waals surface area contributed by atoms with Crippen LogP contribution in [0.3, 0.4) is 0 Å². The third-order valence-corrected chi connectivity index (χ3v) is 4.75. The van der Waals surface area contributed by atoms with Crippen LogP contribution in [0.4, 0.5) is 0 Å². The maximum Gasteiger partial charge on any atom is 0.240 e. The molecule has 2 saturated carbocycles. The summed E-state index contributed by atoms with van der Waals surface area (Å²) in [6, 6.07) is 0. The van der Waals surface area contributed by atoms with Crippen molar-refractivity contribution in [2.45, 2.75) is 76.4 Å². The Hall–Kier alpha value is -0.610. The number of carbonyl (C=O) groups is 1. The summed E-state index contributed by atoms with van der Waals surface area (Å²) in [5, 5.41) is 3.40. The van der Waals surface area contributed by atoms with Crippen molar-refractivity contribution in [2.75, 3.05) is 13.2 Å². The zero-order chi connectivity index (χ0) is 14.4. The summed E-state index contributed by atoms with van der Waals surface area (Å²) >= 11 is 0. The summed E-state index contributed by atoms with van der Waals surface area (Å²) in [4.78, 5) is 12.0.